The molecular formula is C16H13ClN6. The Morgan fingerprint density at radius 3 is 2.70 bits per heavy atom. The van der Waals surface area contributed by atoms with Gasteiger partial charge in [0.25, 0.3) is 0 Å². The van der Waals surface area contributed by atoms with Crippen LogP contribution in [-0.2, 0) is 6.54 Å². The van der Waals surface area contributed by atoms with Gasteiger partial charge in [-0.3, -0.25) is 0 Å². The average Bonchev–Trinajstić information content (AvgIpc) is 3.16. The second-order valence-electron chi connectivity index (χ2n) is 5.25. The summed E-state index contributed by atoms with van der Waals surface area (Å²) in [5, 5.41) is 10.8. The SMILES string of the molecule is Cc1nn(Cc2ccc(Cl)cc2)nc1-c1ncnc2[nH]ccc12. The fourth-order valence-corrected chi connectivity index (χ4v) is 2.66. The molecule has 6 nitrogen and oxygen atoms in total. The lowest BCUT2D eigenvalue weighted by Gasteiger charge is -2.00. The van der Waals surface area contributed by atoms with Gasteiger partial charge in [-0.05, 0) is 30.7 Å². The summed E-state index contributed by atoms with van der Waals surface area (Å²) in [4.78, 5) is 13.3. The van der Waals surface area contributed by atoms with Gasteiger partial charge in [-0.2, -0.15) is 15.0 Å². The number of rotatable bonds is 3. The largest absolute Gasteiger partial charge is 0.346 e. The van der Waals surface area contributed by atoms with E-state index in [0.29, 0.717) is 6.54 Å². The first-order valence-corrected chi connectivity index (χ1v) is 7.53. The number of aromatic amines is 1. The Morgan fingerprint density at radius 2 is 1.87 bits per heavy atom. The number of H-pyrrole nitrogens is 1. The van der Waals surface area contributed by atoms with Gasteiger partial charge in [-0.25, -0.2) is 9.97 Å². The van der Waals surface area contributed by atoms with E-state index in [-0.39, 0.29) is 0 Å². The van der Waals surface area contributed by atoms with Crippen molar-refractivity contribution in [2.45, 2.75) is 13.5 Å². The van der Waals surface area contributed by atoms with E-state index in [1.54, 1.807) is 4.80 Å². The zero-order valence-corrected chi connectivity index (χ0v) is 13.1. The molecule has 0 radical (unpaired) electrons. The minimum absolute atomic E-state index is 0.583. The van der Waals surface area contributed by atoms with Crippen molar-refractivity contribution in [2.24, 2.45) is 0 Å². The molecule has 0 spiro atoms. The van der Waals surface area contributed by atoms with E-state index in [0.717, 1.165) is 38.7 Å². The molecule has 0 aliphatic rings. The minimum atomic E-state index is 0.583. The predicted octanol–water partition coefficient (Wildman–Crippen LogP) is 3.23. The Morgan fingerprint density at radius 1 is 1.04 bits per heavy atom. The molecule has 1 N–H and O–H groups in total. The Kier molecular flexibility index (Phi) is 3.31. The molecule has 0 fully saturated rings. The van der Waals surface area contributed by atoms with Crippen molar-refractivity contribution in [2.75, 3.05) is 0 Å². The summed E-state index contributed by atoms with van der Waals surface area (Å²) in [6.45, 7) is 2.51. The zero-order chi connectivity index (χ0) is 15.8. The predicted molar refractivity (Wildman–Crippen MR) is 88.2 cm³/mol. The number of aromatic nitrogens is 6. The number of aryl methyl sites for hydroxylation is 1. The number of hydrogen-bond acceptors (Lipinski definition) is 4. The van der Waals surface area contributed by atoms with Crippen molar-refractivity contribution < 1.29 is 0 Å². The summed E-state index contributed by atoms with van der Waals surface area (Å²) >= 11 is 5.91. The van der Waals surface area contributed by atoms with Crippen LogP contribution in [0.1, 0.15) is 11.3 Å². The van der Waals surface area contributed by atoms with Crippen molar-refractivity contribution in [3.8, 4) is 11.4 Å². The third-order valence-corrected chi connectivity index (χ3v) is 3.89. The first kappa shape index (κ1) is 13.9. The van der Waals surface area contributed by atoms with Crippen LogP contribution in [0.25, 0.3) is 22.4 Å². The molecule has 1 aromatic carbocycles. The van der Waals surface area contributed by atoms with Crippen LogP contribution in [0.2, 0.25) is 5.02 Å². The molecule has 0 saturated carbocycles. The smallest absolute Gasteiger partial charge is 0.141 e. The van der Waals surface area contributed by atoms with E-state index < -0.39 is 0 Å². The molecule has 0 aliphatic carbocycles. The Hall–Kier alpha value is -2.73. The maximum Gasteiger partial charge on any atom is 0.141 e. The molecule has 3 aromatic heterocycles. The van der Waals surface area contributed by atoms with E-state index in [1.165, 1.54) is 6.33 Å². The first-order valence-electron chi connectivity index (χ1n) is 7.15. The molecule has 0 atom stereocenters. The van der Waals surface area contributed by atoms with E-state index in [4.69, 9.17) is 11.6 Å². The fourth-order valence-electron chi connectivity index (χ4n) is 2.53. The van der Waals surface area contributed by atoms with Crippen LogP contribution in [0.4, 0.5) is 0 Å². The average molecular weight is 325 g/mol. The van der Waals surface area contributed by atoms with Crippen LogP contribution in [0.5, 0.6) is 0 Å². The maximum atomic E-state index is 5.91. The molecule has 23 heavy (non-hydrogen) atoms. The lowest BCUT2D eigenvalue weighted by Crippen LogP contribution is -2.03. The fraction of sp³-hybridized carbons (Fsp3) is 0.125. The highest BCUT2D eigenvalue weighted by molar-refractivity contribution is 6.30. The van der Waals surface area contributed by atoms with Crippen LogP contribution in [0.15, 0.2) is 42.9 Å². The third-order valence-electron chi connectivity index (χ3n) is 3.64. The second-order valence-corrected chi connectivity index (χ2v) is 5.69. The minimum Gasteiger partial charge on any atom is -0.346 e. The number of hydrogen-bond donors (Lipinski definition) is 1. The quantitative estimate of drug-likeness (QED) is 0.628. The van der Waals surface area contributed by atoms with Crippen molar-refractivity contribution in [1.82, 2.24) is 29.9 Å². The highest BCUT2D eigenvalue weighted by atomic mass is 35.5. The summed E-state index contributed by atoms with van der Waals surface area (Å²) in [6, 6.07) is 9.61. The van der Waals surface area contributed by atoms with E-state index in [2.05, 4.69) is 25.1 Å². The van der Waals surface area contributed by atoms with E-state index in [9.17, 15) is 0 Å². The van der Waals surface area contributed by atoms with Crippen LogP contribution in [-0.4, -0.2) is 29.9 Å². The topological polar surface area (TPSA) is 72.3 Å². The third kappa shape index (κ3) is 2.57. The number of fused-ring (bicyclic) bond motifs is 1. The second kappa shape index (κ2) is 5.48. The molecule has 0 amide bonds. The Labute approximate surface area is 137 Å². The van der Waals surface area contributed by atoms with Crippen LogP contribution in [0, 0.1) is 6.92 Å². The van der Waals surface area contributed by atoms with Crippen LogP contribution < -0.4 is 0 Å². The van der Waals surface area contributed by atoms with Gasteiger partial charge < -0.3 is 4.98 Å². The van der Waals surface area contributed by atoms with Gasteiger partial charge in [-0.1, -0.05) is 23.7 Å². The summed E-state index contributed by atoms with van der Waals surface area (Å²) in [5.41, 5.74) is 4.27. The van der Waals surface area contributed by atoms with Crippen molar-refractivity contribution in [1.29, 1.82) is 0 Å². The number of benzene rings is 1. The van der Waals surface area contributed by atoms with Gasteiger partial charge in [-0.15, -0.1) is 0 Å². The van der Waals surface area contributed by atoms with Crippen molar-refractivity contribution >= 4 is 22.6 Å². The maximum absolute atomic E-state index is 5.91. The lowest BCUT2D eigenvalue weighted by molar-refractivity contribution is 0.589. The molecule has 4 rings (SSSR count). The van der Waals surface area contributed by atoms with Gasteiger partial charge >= 0.3 is 0 Å². The van der Waals surface area contributed by atoms with E-state index in [1.807, 2.05) is 43.5 Å². The van der Waals surface area contributed by atoms with Gasteiger partial charge in [0, 0.05) is 16.6 Å². The zero-order valence-electron chi connectivity index (χ0n) is 12.4. The molecule has 3 heterocycles. The van der Waals surface area contributed by atoms with Gasteiger partial charge in [0.15, 0.2) is 0 Å². The molecular weight excluding hydrogens is 312 g/mol. The lowest BCUT2D eigenvalue weighted by atomic mass is 10.2. The van der Waals surface area contributed by atoms with Crippen LogP contribution >= 0.6 is 11.6 Å². The molecule has 0 aliphatic heterocycles. The summed E-state index contributed by atoms with van der Waals surface area (Å²) in [7, 11) is 0. The number of nitrogens with one attached hydrogen (secondary N) is 1. The highest BCUT2D eigenvalue weighted by Gasteiger charge is 2.15. The Bertz CT molecular complexity index is 970. The molecule has 7 heteroatoms. The van der Waals surface area contributed by atoms with Crippen molar-refractivity contribution in [3.63, 3.8) is 0 Å². The normalized spacial score (nSPS) is 11.2. The van der Waals surface area contributed by atoms with E-state index >= 15 is 0 Å². The number of halogens is 1. The molecule has 0 bridgehead atoms. The van der Waals surface area contributed by atoms with Gasteiger partial charge in [0.05, 0.1) is 12.2 Å². The standard InChI is InChI=1S/C16H13ClN6/c1-10-14(15-13-6-7-18-16(13)20-9-19-15)22-23(21-10)8-11-2-4-12(17)5-3-11/h2-7,9H,8H2,1H3,(H,18,19,20). The molecule has 114 valence electrons. The Balaban J connectivity index is 1.72. The first-order chi connectivity index (χ1) is 11.2. The highest BCUT2D eigenvalue weighted by Crippen LogP contribution is 2.25. The summed E-state index contributed by atoms with van der Waals surface area (Å²) < 4.78 is 0. The monoisotopic (exact) mass is 324 g/mol. The van der Waals surface area contributed by atoms with Gasteiger partial charge in [0.1, 0.15) is 23.4 Å². The molecule has 0 saturated heterocycles. The van der Waals surface area contributed by atoms with Crippen LogP contribution in [0.3, 0.4) is 0 Å². The van der Waals surface area contributed by atoms with Gasteiger partial charge in [0.2, 0.25) is 0 Å². The number of nitrogens with zero attached hydrogens (tertiary/aromatic N) is 5. The summed E-state index contributed by atoms with van der Waals surface area (Å²) in [6.07, 6.45) is 3.38. The molecule has 0 unspecified atom stereocenters. The molecule has 4 aromatic rings. The summed E-state index contributed by atoms with van der Waals surface area (Å²) in [5.74, 6) is 0. The van der Waals surface area contributed by atoms with Crippen molar-refractivity contribution in [3.05, 3.63) is 59.1 Å².